The van der Waals surface area contributed by atoms with Crippen LogP contribution in [0.3, 0.4) is 0 Å². The van der Waals surface area contributed by atoms with Crippen LogP contribution in [0, 0.1) is 5.92 Å². The highest BCUT2D eigenvalue weighted by Crippen LogP contribution is 2.30. The number of ether oxygens (including phenoxy) is 1. The third kappa shape index (κ3) is 7.76. The second-order valence-electron chi connectivity index (χ2n) is 6.58. The maximum atomic E-state index is 11.7. The summed E-state index contributed by atoms with van der Waals surface area (Å²) in [4.78, 5) is 16.3. The number of para-hydroxylation sites is 1. The van der Waals surface area contributed by atoms with E-state index >= 15 is 0 Å². The smallest absolute Gasteiger partial charge is 0.221 e. The maximum Gasteiger partial charge on any atom is 0.221 e. The molecule has 0 saturated heterocycles. The van der Waals surface area contributed by atoms with Crippen molar-refractivity contribution in [2.24, 2.45) is 10.9 Å². The van der Waals surface area contributed by atoms with Gasteiger partial charge in [-0.1, -0.05) is 25.1 Å². The molecule has 6 heteroatoms. The van der Waals surface area contributed by atoms with Crippen LogP contribution in [0.4, 0.5) is 0 Å². The minimum Gasteiger partial charge on any atom is -0.493 e. The van der Waals surface area contributed by atoms with E-state index in [1.54, 1.807) is 0 Å². The molecule has 1 aromatic carbocycles. The van der Waals surface area contributed by atoms with Crippen LogP contribution in [-0.4, -0.2) is 38.1 Å². The first-order chi connectivity index (χ1) is 12.7. The number of nitrogens with one attached hydrogen (secondary N) is 3. The van der Waals surface area contributed by atoms with Crippen molar-refractivity contribution < 1.29 is 9.53 Å². The first-order valence-electron chi connectivity index (χ1n) is 9.72. The maximum absolute atomic E-state index is 11.7. The minimum absolute atomic E-state index is 0.0639. The van der Waals surface area contributed by atoms with Crippen molar-refractivity contribution in [3.8, 4) is 5.75 Å². The van der Waals surface area contributed by atoms with Crippen molar-refractivity contribution in [2.75, 3.05) is 26.2 Å². The second-order valence-corrected chi connectivity index (χ2v) is 6.58. The van der Waals surface area contributed by atoms with Crippen molar-refractivity contribution in [3.05, 3.63) is 29.8 Å². The minimum atomic E-state index is 0.0639. The van der Waals surface area contributed by atoms with E-state index in [9.17, 15) is 4.79 Å². The van der Waals surface area contributed by atoms with Gasteiger partial charge in [-0.3, -0.25) is 4.79 Å². The van der Waals surface area contributed by atoms with Gasteiger partial charge in [-0.25, -0.2) is 4.99 Å². The van der Waals surface area contributed by atoms with Gasteiger partial charge < -0.3 is 20.7 Å². The van der Waals surface area contributed by atoms with E-state index in [4.69, 9.17) is 4.74 Å². The largest absolute Gasteiger partial charge is 0.493 e. The van der Waals surface area contributed by atoms with E-state index < -0.39 is 0 Å². The number of aliphatic imine (C=N–C) groups is 1. The molecule has 1 amide bonds. The van der Waals surface area contributed by atoms with Crippen molar-refractivity contribution in [2.45, 2.75) is 46.1 Å². The molecule has 0 unspecified atom stereocenters. The van der Waals surface area contributed by atoms with Gasteiger partial charge in [-0.05, 0) is 38.2 Å². The molecule has 0 radical (unpaired) electrons. The molecule has 1 aromatic rings. The van der Waals surface area contributed by atoms with Crippen LogP contribution in [0.1, 0.15) is 45.1 Å². The molecule has 3 N–H and O–H groups in total. The number of hydrogen-bond acceptors (Lipinski definition) is 3. The molecule has 0 aromatic heterocycles. The normalized spacial score (nSPS) is 14.0. The zero-order valence-corrected chi connectivity index (χ0v) is 16.0. The zero-order valence-electron chi connectivity index (χ0n) is 16.0. The first kappa shape index (κ1) is 20.1. The Labute approximate surface area is 156 Å². The molecule has 1 saturated carbocycles. The predicted octanol–water partition coefficient (Wildman–Crippen LogP) is 2.45. The lowest BCUT2D eigenvalue weighted by Crippen LogP contribution is -2.39. The van der Waals surface area contributed by atoms with Crippen LogP contribution in [0.2, 0.25) is 0 Å². The quantitative estimate of drug-likeness (QED) is 0.419. The van der Waals surface area contributed by atoms with Crippen molar-refractivity contribution in [1.82, 2.24) is 16.0 Å². The fraction of sp³-hybridized carbons (Fsp3) is 0.600. The molecule has 6 nitrogen and oxygen atoms in total. The lowest BCUT2D eigenvalue weighted by atomic mass is 10.2. The van der Waals surface area contributed by atoms with Gasteiger partial charge in [0.15, 0.2) is 5.96 Å². The molecule has 0 spiro atoms. The van der Waals surface area contributed by atoms with Crippen LogP contribution >= 0.6 is 0 Å². The molecule has 0 bridgehead atoms. The van der Waals surface area contributed by atoms with E-state index in [2.05, 4.69) is 20.9 Å². The summed E-state index contributed by atoms with van der Waals surface area (Å²) < 4.78 is 5.94. The summed E-state index contributed by atoms with van der Waals surface area (Å²) in [7, 11) is 0. The summed E-state index contributed by atoms with van der Waals surface area (Å²) >= 11 is 0. The van der Waals surface area contributed by atoms with Crippen LogP contribution in [-0.2, 0) is 11.3 Å². The van der Waals surface area contributed by atoms with Gasteiger partial charge in [0.05, 0.1) is 13.2 Å². The number of benzene rings is 1. The Morgan fingerprint density at radius 2 is 1.96 bits per heavy atom. The highest BCUT2D eigenvalue weighted by Gasteiger charge is 2.22. The number of rotatable bonds is 11. The Morgan fingerprint density at radius 1 is 1.15 bits per heavy atom. The number of carbonyl (C=O) groups is 1. The van der Waals surface area contributed by atoms with E-state index in [1.807, 2.05) is 38.1 Å². The van der Waals surface area contributed by atoms with Gasteiger partial charge in [0.25, 0.3) is 0 Å². The molecule has 2 rings (SSSR count). The molecule has 0 heterocycles. The number of carbonyl (C=O) groups excluding carboxylic acids is 1. The lowest BCUT2D eigenvalue weighted by molar-refractivity contribution is -0.120. The number of amides is 1. The first-order valence-corrected chi connectivity index (χ1v) is 9.72. The monoisotopic (exact) mass is 360 g/mol. The Bertz CT molecular complexity index is 585. The van der Waals surface area contributed by atoms with E-state index in [1.165, 1.54) is 12.8 Å². The summed E-state index contributed by atoms with van der Waals surface area (Å²) in [6.07, 6.45) is 3.94. The van der Waals surface area contributed by atoms with Gasteiger partial charge >= 0.3 is 0 Å². The number of guanidine groups is 1. The van der Waals surface area contributed by atoms with Crippen LogP contribution in [0.25, 0.3) is 0 Å². The molecular formula is C20H32N4O2. The summed E-state index contributed by atoms with van der Waals surface area (Å²) in [6.45, 7) is 7.46. The third-order valence-electron chi connectivity index (χ3n) is 4.11. The molecule has 1 aliphatic rings. The van der Waals surface area contributed by atoms with Crippen molar-refractivity contribution >= 4 is 11.9 Å². The fourth-order valence-corrected chi connectivity index (χ4v) is 2.42. The third-order valence-corrected chi connectivity index (χ3v) is 4.11. The number of hydrogen-bond donors (Lipinski definition) is 3. The standard InChI is InChI=1S/C20H32N4O2/c1-3-12-22-19(25)11-13-23-20(21-4-2)24-14-17-7-5-6-8-18(17)26-15-16-9-10-16/h5-8,16H,3-4,9-15H2,1-2H3,(H,22,25)(H2,21,23,24). The Kier molecular flexibility index (Phi) is 8.79. The number of nitrogens with zero attached hydrogens (tertiary/aromatic N) is 1. The Morgan fingerprint density at radius 3 is 2.69 bits per heavy atom. The van der Waals surface area contributed by atoms with Crippen LogP contribution in [0.15, 0.2) is 29.3 Å². The van der Waals surface area contributed by atoms with Crippen molar-refractivity contribution in [3.63, 3.8) is 0 Å². The molecule has 0 aliphatic heterocycles. The molecular weight excluding hydrogens is 328 g/mol. The zero-order chi connectivity index (χ0) is 18.6. The van der Waals surface area contributed by atoms with Gasteiger partial charge in [-0.2, -0.15) is 0 Å². The summed E-state index contributed by atoms with van der Waals surface area (Å²) in [5.74, 6) is 2.42. The van der Waals surface area contributed by atoms with E-state index in [-0.39, 0.29) is 5.91 Å². The van der Waals surface area contributed by atoms with Crippen molar-refractivity contribution in [1.29, 1.82) is 0 Å². The lowest BCUT2D eigenvalue weighted by Gasteiger charge is -2.13. The van der Waals surface area contributed by atoms with E-state index in [0.29, 0.717) is 25.5 Å². The Balaban J connectivity index is 1.84. The van der Waals surface area contributed by atoms with Gasteiger partial charge in [0.2, 0.25) is 5.91 Å². The highest BCUT2D eigenvalue weighted by molar-refractivity contribution is 5.81. The molecule has 1 fully saturated rings. The van der Waals surface area contributed by atoms with E-state index in [0.717, 1.165) is 43.3 Å². The highest BCUT2D eigenvalue weighted by atomic mass is 16.5. The average Bonchev–Trinajstić information content (AvgIpc) is 3.48. The Hall–Kier alpha value is -2.24. The summed E-state index contributed by atoms with van der Waals surface area (Å²) in [5.41, 5.74) is 1.08. The van der Waals surface area contributed by atoms with Gasteiger partial charge in [-0.15, -0.1) is 0 Å². The molecule has 0 atom stereocenters. The predicted molar refractivity (Wildman–Crippen MR) is 105 cm³/mol. The topological polar surface area (TPSA) is 74.8 Å². The molecule has 1 aliphatic carbocycles. The summed E-state index contributed by atoms with van der Waals surface area (Å²) in [6, 6.07) is 8.06. The SMILES string of the molecule is CCCNC(=O)CCNC(=NCc1ccccc1OCC1CC1)NCC. The summed E-state index contributed by atoms with van der Waals surface area (Å²) in [5, 5.41) is 9.31. The fourth-order valence-electron chi connectivity index (χ4n) is 2.42. The van der Waals surface area contributed by atoms with Gasteiger partial charge in [0.1, 0.15) is 5.75 Å². The average molecular weight is 361 g/mol. The second kappa shape index (κ2) is 11.4. The van der Waals surface area contributed by atoms with Gasteiger partial charge in [0, 0.05) is 31.6 Å². The molecule has 144 valence electrons. The van der Waals surface area contributed by atoms with Crippen LogP contribution < -0.4 is 20.7 Å². The van der Waals surface area contributed by atoms with Crippen LogP contribution in [0.5, 0.6) is 5.75 Å². The molecule has 26 heavy (non-hydrogen) atoms.